The van der Waals surface area contributed by atoms with Crippen LogP contribution in [0.4, 0.5) is 0 Å². The van der Waals surface area contributed by atoms with Crippen molar-refractivity contribution in [3.63, 3.8) is 0 Å². The third-order valence-corrected chi connectivity index (χ3v) is 2.45. The van der Waals surface area contributed by atoms with Gasteiger partial charge in [0.2, 0.25) is 0 Å². The lowest BCUT2D eigenvalue weighted by Gasteiger charge is -2.20. The molecular weight excluding hydrogens is 202 g/mol. The summed E-state index contributed by atoms with van der Waals surface area (Å²) in [6.45, 7) is 6.41. The van der Waals surface area contributed by atoms with E-state index in [4.69, 9.17) is 9.47 Å². The number of rotatable bonds is 7. The summed E-state index contributed by atoms with van der Waals surface area (Å²) in [6.07, 6.45) is 0. The Morgan fingerprint density at radius 2 is 2.00 bits per heavy atom. The fraction of sp³-hybridized carbons (Fsp3) is 0.538. The van der Waals surface area contributed by atoms with Crippen molar-refractivity contribution in [1.29, 1.82) is 0 Å². The second kappa shape index (κ2) is 7.25. The molecule has 90 valence electrons. The molecule has 0 spiro atoms. The highest BCUT2D eigenvalue weighted by atomic mass is 16.5. The number of para-hydroxylation sites is 1. The monoisotopic (exact) mass is 223 g/mol. The molecule has 0 amide bonds. The lowest BCUT2D eigenvalue weighted by Crippen LogP contribution is -2.25. The zero-order valence-corrected chi connectivity index (χ0v) is 10.3. The van der Waals surface area contributed by atoms with E-state index in [2.05, 4.69) is 18.3 Å². The van der Waals surface area contributed by atoms with Crippen molar-refractivity contribution in [3.05, 3.63) is 29.8 Å². The molecule has 3 nitrogen and oxygen atoms in total. The van der Waals surface area contributed by atoms with Crippen molar-refractivity contribution in [3.8, 4) is 5.75 Å². The molecule has 0 bridgehead atoms. The third kappa shape index (κ3) is 3.51. The predicted octanol–water partition coefficient (Wildman–Crippen LogP) is 2.38. The van der Waals surface area contributed by atoms with Crippen LogP contribution in [0.3, 0.4) is 0 Å². The standard InChI is InChI=1S/C13H21NO2/c1-4-14-12(10-16-5-2)11-8-6-7-9-13(11)15-3/h6-9,12,14H,4-5,10H2,1-3H3. The molecule has 1 unspecified atom stereocenters. The van der Waals surface area contributed by atoms with Crippen LogP contribution in [-0.4, -0.2) is 26.9 Å². The summed E-state index contributed by atoms with van der Waals surface area (Å²) < 4.78 is 10.8. The predicted molar refractivity (Wildman–Crippen MR) is 65.9 cm³/mol. The van der Waals surface area contributed by atoms with Gasteiger partial charge in [0.1, 0.15) is 5.75 Å². The molecule has 0 aliphatic carbocycles. The largest absolute Gasteiger partial charge is 0.496 e. The van der Waals surface area contributed by atoms with Gasteiger partial charge in [-0.3, -0.25) is 0 Å². The summed E-state index contributed by atoms with van der Waals surface area (Å²) >= 11 is 0. The Labute approximate surface area is 97.8 Å². The molecule has 0 radical (unpaired) electrons. The fourth-order valence-electron chi connectivity index (χ4n) is 1.70. The first kappa shape index (κ1) is 13.0. The van der Waals surface area contributed by atoms with Gasteiger partial charge >= 0.3 is 0 Å². The van der Waals surface area contributed by atoms with Gasteiger partial charge in [0, 0.05) is 12.2 Å². The van der Waals surface area contributed by atoms with Crippen LogP contribution in [0, 0.1) is 0 Å². The van der Waals surface area contributed by atoms with Crippen molar-refractivity contribution < 1.29 is 9.47 Å². The molecule has 0 aliphatic rings. The van der Waals surface area contributed by atoms with Crippen LogP contribution in [0.5, 0.6) is 5.75 Å². The van der Waals surface area contributed by atoms with Crippen molar-refractivity contribution in [2.24, 2.45) is 0 Å². The maximum atomic E-state index is 5.48. The lowest BCUT2D eigenvalue weighted by molar-refractivity contribution is 0.122. The van der Waals surface area contributed by atoms with Gasteiger partial charge in [-0.2, -0.15) is 0 Å². The van der Waals surface area contributed by atoms with Crippen LogP contribution in [0.1, 0.15) is 25.5 Å². The average Bonchev–Trinajstić information content (AvgIpc) is 2.34. The molecule has 1 rings (SSSR count). The molecule has 0 aromatic heterocycles. The van der Waals surface area contributed by atoms with Crippen molar-refractivity contribution in [2.75, 3.05) is 26.9 Å². The van der Waals surface area contributed by atoms with Gasteiger partial charge in [-0.1, -0.05) is 25.1 Å². The number of hydrogen-bond donors (Lipinski definition) is 1. The summed E-state index contributed by atoms with van der Waals surface area (Å²) in [4.78, 5) is 0. The smallest absolute Gasteiger partial charge is 0.123 e. The summed E-state index contributed by atoms with van der Waals surface area (Å²) in [6, 6.07) is 8.25. The van der Waals surface area contributed by atoms with Crippen LogP contribution in [-0.2, 0) is 4.74 Å². The molecule has 0 saturated heterocycles. The molecule has 16 heavy (non-hydrogen) atoms. The average molecular weight is 223 g/mol. The normalized spacial score (nSPS) is 12.4. The topological polar surface area (TPSA) is 30.5 Å². The first-order valence-electron chi connectivity index (χ1n) is 5.77. The Balaban J connectivity index is 2.81. The van der Waals surface area contributed by atoms with Gasteiger partial charge < -0.3 is 14.8 Å². The lowest BCUT2D eigenvalue weighted by atomic mass is 10.1. The van der Waals surface area contributed by atoms with Crippen LogP contribution in [0.15, 0.2) is 24.3 Å². The molecular formula is C13H21NO2. The minimum atomic E-state index is 0.195. The fourth-order valence-corrected chi connectivity index (χ4v) is 1.70. The Morgan fingerprint density at radius 1 is 1.25 bits per heavy atom. The highest BCUT2D eigenvalue weighted by Gasteiger charge is 2.14. The van der Waals surface area contributed by atoms with E-state index >= 15 is 0 Å². The summed E-state index contributed by atoms with van der Waals surface area (Å²) in [5.41, 5.74) is 1.15. The number of methoxy groups -OCH3 is 1. The zero-order valence-electron chi connectivity index (χ0n) is 10.3. The van der Waals surface area contributed by atoms with Gasteiger partial charge in [0.25, 0.3) is 0 Å². The van der Waals surface area contributed by atoms with E-state index in [1.165, 1.54) is 0 Å². The van der Waals surface area contributed by atoms with Gasteiger partial charge in [-0.15, -0.1) is 0 Å². The van der Waals surface area contributed by atoms with Gasteiger partial charge in [-0.05, 0) is 19.5 Å². The highest BCUT2D eigenvalue weighted by Crippen LogP contribution is 2.24. The van der Waals surface area contributed by atoms with Crippen LogP contribution in [0.25, 0.3) is 0 Å². The van der Waals surface area contributed by atoms with Crippen molar-refractivity contribution in [1.82, 2.24) is 5.32 Å². The Kier molecular flexibility index (Phi) is 5.90. The minimum Gasteiger partial charge on any atom is -0.496 e. The number of likely N-dealkylation sites (N-methyl/N-ethyl adjacent to an activating group) is 1. The SMILES string of the molecule is CCNC(COCC)c1ccccc1OC. The summed E-state index contributed by atoms with van der Waals surface area (Å²) in [5.74, 6) is 0.910. The Morgan fingerprint density at radius 3 is 2.62 bits per heavy atom. The quantitative estimate of drug-likeness (QED) is 0.770. The number of hydrogen-bond acceptors (Lipinski definition) is 3. The number of benzene rings is 1. The van der Waals surface area contributed by atoms with E-state index in [0.29, 0.717) is 6.61 Å². The second-order valence-electron chi connectivity index (χ2n) is 3.51. The van der Waals surface area contributed by atoms with Gasteiger partial charge in [-0.25, -0.2) is 0 Å². The maximum absolute atomic E-state index is 5.48. The molecule has 1 atom stereocenters. The van der Waals surface area contributed by atoms with E-state index in [0.717, 1.165) is 24.5 Å². The van der Waals surface area contributed by atoms with Crippen LogP contribution in [0.2, 0.25) is 0 Å². The van der Waals surface area contributed by atoms with Gasteiger partial charge in [0.15, 0.2) is 0 Å². The molecule has 3 heteroatoms. The highest BCUT2D eigenvalue weighted by molar-refractivity contribution is 5.35. The Hall–Kier alpha value is -1.06. The number of ether oxygens (including phenoxy) is 2. The van der Waals surface area contributed by atoms with Gasteiger partial charge in [0.05, 0.1) is 19.8 Å². The second-order valence-corrected chi connectivity index (χ2v) is 3.51. The maximum Gasteiger partial charge on any atom is 0.123 e. The van der Waals surface area contributed by atoms with E-state index in [-0.39, 0.29) is 6.04 Å². The van der Waals surface area contributed by atoms with Crippen LogP contribution >= 0.6 is 0 Å². The van der Waals surface area contributed by atoms with E-state index in [1.807, 2.05) is 25.1 Å². The van der Waals surface area contributed by atoms with E-state index in [9.17, 15) is 0 Å². The molecule has 1 aromatic rings. The molecule has 0 heterocycles. The molecule has 0 aliphatic heterocycles. The first-order valence-corrected chi connectivity index (χ1v) is 5.77. The number of nitrogens with one attached hydrogen (secondary N) is 1. The minimum absolute atomic E-state index is 0.195. The Bertz CT molecular complexity index is 302. The zero-order chi connectivity index (χ0) is 11.8. The first-order chi connectivity index (χ1) is 7.83. The van der Waals surface area contributed by atoms with E-state index < -0.39 is 0 Å². The van der Waals surface area contributed by atoms with E-state index in [1.54, 1.807) is 7.11 Å². The molecule has 0 fully saturated rings. The van der Waals surface area contributed by atoms with Crippen molar-refractivity contribution >= 4 is 0 Å². The summed E-state index contributed by atoms with van der Waals surface area (Å²) in [7, 11) is 1.70. The van der Waals surface area contributed by atoms with Crippen molar-refractivity contribution in [2.45, 2.75) is 19.9 Å². The molecule has 1 aromatic carbocycles. The molecule has 0 saturated carbocycles. The molecule has 1 N–H and O–H groups in total. The van der Waals surface area contributed by atoms with Crippen LogP contribution < -0.4 is 10.1 Å². The summed E-state index contributed by atoms with van der Waals surface area (Å²) in [5, 5.41) is 3.40. The third-order valence-electron chi connectivity index (χ3n) is 2.45.